The summed E-state index contributed by atoms with van der Waals surface area (Å²) in [5.41, 5.74) is 3.28. The van der Waals surface area contributed by atoms with Gasteiger partial charge in [0.25, 0.3) is 5.91 Å². The molecule has 1 fully saturated rings. The highest BCUT2D eigenvalue weighted by Gasteiger charge is 2.44. The zero-order valence-electron chi connectivity index (χ0n) is 15.3. The van der Waals surface area contributed by atoms with Gasteiger partial charge in [0.05, 0.1) is 0 Å². The van der Waals surface area contributed by atoms with Crippen LogP contribution in [0, 0.1) is 13.8 Å². The van der Waals surface area contributed by atoms with Crippen LogP contribution in [-0.2, 0) is 9.59 Å². The molecule has 0 aliphatic carbocycles. The lowest BCUT2D eigenvalue weighted by atomic mass is 10.2. The lowest BCUT2D eigenvalue weighted by molar-refractivity contribution is -0.130. The van der Waals surface area contributed by atoms with Gasteiger partial charge in [0, 0.05) is 15.8 Å². The quantitative estimate of drug-likeness (QED) is 0.749. The van der Waals surface area contributed by atoms with Crippen LogP contribution in [0.15, 0.2) is 46.9 Å². The van der Waals surface area contributed by atoms with Gasteiger partial charge in [-0.3, -0.25) is 19.4 Å². The largest absolute Gasteiger partial charge is 0.332 e. The van der Waals surface area contributed by atoms with E-state index in [1.54, 1.807) is 25.1 Å². The van der Waals surface area contributed by atoms with Gasteiger partial charge in [-0.1, -0.05) is 33.6 Å². The minimum atomic E-state index is -0.650. The van der Waals surface area contributed by atoms with E-state index in [-0.39, 0.29) is 12.5 Å². The summed E-state index contributed by atoms with van der Waals surface area (Å²) in [6.07, 6.45) is 0. The van der Waals surface area contributed by atoms with Crippen molar-refractivity contribution in [2.45, 2.75) is 26.8 Å². The monoisotopic (exact) mass is 429 g/mol. The smallest absolute Gasteiger partial charge is 0.325 e. The summed E-state index contributed by atoms with van der Waals surface area (Å²) >= 11 is 3.41. The van der Waals surface area contributed by atoms with Crippen molar-refractivity contribution in [1.82, 2.24) is 4.90 Å². The normalized spacial score (nSPS) is 16.8. The van der Waals surface area contributed by atoms with Gasteiger partial charge in [-0.15, -0.1) is 0 Å². The van der Waals surface area contributed by atoms with Crippen molar-refractivity contribution in [2.75, 3.05) is 16.8 Å². The van der Waals surface area contributed by atoms with E-state index in [1.165, 1.54) is 4.90 Å². The van der Waals surface area contributed by atoms with Crippen molar-refractivity contribution in [3.05, 3.63) is 58.1 Å². The first-order valence-electron chi connectivity index (χ1n) is 8.55. The van der Waals surface area contributed by atoms with Gasteiger partial charge in [-0.25, -0.2) is 4.79 Å². The average Bonchev–Trinajstić information content (AvgIpc) is 2.83. The molecule has 1 aliphatic rings. The van der Waals surface area contributed by atoms with Crippen LogP contribution in [0.4, 0.5) is 16.2 Å². The first-order valence-corrected chi connectivity index (χ1v) is 9.34. The fraction of sp³-hybridized carbons (Fsp3) is 0.250. The molecule has 0 bridgehead atoms. The fourth-order valence-corrected chi connectivity index (χ4v) is 3.22. The minimum Gasteiger partial charge on any atom is -0.325 e. The molecule has 1 saturated heterocycles. The van der Waals surface area contributed by atoms with E-state index in [4.69, 9.17) is 0 Å². The number of amides is 4. The molecule has 1 aliphatic heterocycles. The summed E-state index contributed by atoms with van der Waals surface area (Å²) in [6, 6.07) is 11.6. The van der Waals surface area contributed by atoms with Gasteiger partial charge in [0.1, 0.15) is 12.6 Å². The number of benzene rings is 2. The van der Waals surface area contributed by atoms with Gasteiger partial charge in [0.15, 0.2) is 0 Å². The van der Waals surface area contributed by atoms with Crippen LogP contribution in [0.3, 0.4) is 0 Å². The zero-order valence-corrected chi connectivity index (χ0v) is 16.9. The number of carbonyl (C=O) groups excluding carboxylic acids is 3. The fourth-order valence-electron chi connectivity index (χ4n) is 2.98. The van der Waals surface area contributed by atoms with Crippen LogP contribution in [0.1, 0.15) is 18.1 Å². The van der Waals surface area contributed by atoms with Crippen molar-refractivity contribution in [3.8, 4) is 0 Å². The highest BCUT2D eigenvalue weighted by atomic mass is 79.9. The molecular formula is C20H20BrN3O3. The number of nitrogens with zero attached hydrogens (tertiary/aromatic N) is 2. The van der Waals surface area contributed by atoms with E-state index in [1.807, 2.05) is 38.1 Å². The molecule has 0 aromatic heterocycles. The molecule has 3 rings (SSSR count). The van der Waals surface area contributed by atoms with E-state index in [0.29, 0.717) is 11.4 Å². The lowest BCUT2D eigenvalue weighted by Crippen LogP contribution is -2.39. The molecule has 1 atom stereocenters. The van der Waals surface area contributed by atoms with Gasteiger partial charge >= 0.3 is 6.03 Å². The Balaban J connectivity index is 1.73. The molecular weight excluding hydrogens is 410 g/mol. The summed E-state index contributed by atoms with van der Waals surface area (Å²) in [5, 5.41) is 2.73. The molecule has 2 aromatic carbocycles. The van der Waals surface area contributed by atoms with Crippen LogP contribution >= 0.6 is 15.9 Å². The number of imide groups is 1. The number of halogens is 1. The summed E-state index contributed by atoms with van der Waals surface area (Å²) in [7, 11) is 0. The van der Waals surface area contributed by atoms with E-state index < -0.39 is 18.0 Å². The first kappa shape index (κ1) is 19.1. The van der Waals surface area contributed by atoms with Crippen LogP contribution in [0.2, 0.25) is 0 Å². The number of aryl methyl sites for hydroxylation is 2. The molecule has 2 aromatic rings. The van der Waals surface area contributed by atoms with E-state index >= 15 is 0 Å². The number of nitrogens with one attached hydrogen (secondary N) is 1. The highest BCUT2D eigenvalue weighted by Crippen LogP contribution is 2.26. The second-order valence-electron chi connectivity index (χ2n) is 6.60. The van der Waals surface area contributed by atoms with Crippen LogP contribution in [0.25, 0.3) is 0 Å². The second-order valence-corrected chi connectivity index (χ2v) is 7.45. The third-order valence-corrected chi connectivity index (χ3v) is 5.39. The van der Waals surface area contributed by atoms with Crippen molar-refractivity contribution in [2.24, 2.45) is 0 Å². The number of hydrogen-bond acceptors (Lipinski definition) is 3. The standard InChI is InChI=1S/C20H20BrN3O3/c1-12-4-7-16(8-5-12)24-14(3)19(26)23(20(24)27)11-18(25)22-15-6-9-17(21)13(2)10-15/h4-10,14H,11H2,1-3H3,(H,22,25)/t14-/m0/s1. The topological polar surface area (TPSA) is 69.7 Å². The molecule has 1 heterocycles. The Labute approximate surface area is 166 Å². The Bertz CT molecular complexity index is 911. The van der Waals surface area contributed by atoms with Crippen molar-refractivity contribution in [3.63, 3.8) is 0 Å². The Morgan fingerprint density at radius 2 is 1.78 bits per heavy atom. The van der Waals surface area contributed by atoms with Crippen LogP contribution in [-0.4, -0.2) is 35.3 Å². The van der Waals surface area contributed by atoms with E-state index in [9.17, 15) is 14.4 Å². The molecule has 0 radical (unpaired) electrons. The molecule has 0 saturated carbocycles. The number of urea groups is 1. The first-order chi connectivity index (χ1) is 12.8. The van der Waals surface area contributed by atoms with Gasteiger partial charge in [-0.05, 0) is 56.7 Å². The molecule has 27 heavy (non-hydrogen) atoms. The van der Waals surface area contributed by atoms with Crippen LogP contribution in [0.5, 0.6) is 0 Å². The van der Waals surface area contributed by atoms with Gasteiger partial charge < -0.3 is 5.32 Å². The molecule has 7 heteroatoms. The Kier molecular flexibility index (Phi) is 5.32. The molecule has 4 amide bonds. The maximum atomic E-state index is 12.7. The number of carbonyl (C=O) groups is 3. The Hall–Kier alpha value is -2.67. The zero-order chi connectivity index (χ0) is 19.7. The lowest BCUT2D eigenvalue weighted by Gasteiger charge is -2.19. The molecule has 140 valence electrons. The van der Waals surface area contributed by atoms with E-state index in [0.717, 1.165) is 20.5 Å². The van der Waals surface area contributed by atoms with Gasteiger partial charge in [0.2, 0.25) is 5.91 Å². The summed E-state index contributed by atoms with van der Waals surface area (Å²) < 4.78 is 0.938. The Morgan fingerprint density at radius 3 is 2.41 bits per heavy atom. The van der Waals surface area contributed by atoms with Crippen molar-refractivity contribution < 1.29 is 14.4 Å². The summed E-state index contributed by atoms with van der Waals surface area (Å²) in [5.74, 6) is -0.806. The highest BCUT2D eigenvalue weighted by molar-refractivity contribution is 9.10. The SMILES string of the molecule is Cc1ccc(N2C(=O)N(CC(=O)Nc3ccc(Br)c(C)c3)C(=O)[C@@H]2C)cc1. The number of hydrogen-bond donors (Lipinski definition) is 1. The summed E-state index contributed by atoms with van der Waals surface area (Å²) in [6.45, 7) is 5.20. The molecule has 6 nitrogen and oxygen atoms in total. The van der Waals surface area contributed by atoms with Crippen LogP contribution < -0.4 is 10.2 Å². The van der Waals surface area contributed by atoms with Crippen molar-refractivity contribution in [1.29, 1.82) is 0 Å². The number of rotatable bonds is 4. The summed E-state index contributed by atoms with van der Waals surface area (Å²) in [4.78, 5) is 40.0. The molecule has 0 spiro atoms. The Morgan fingerprint density at radius 1 is 1.11 bits per heavy atom. The predicted molar refractivity (Wildman–Crippen MR) is 108 cm³/mol. The van der Waals surface area contributed by atoms with Crippen molar-refractivity contribution >= 4 is 45.2 Å². The average molecular weight is 430 g/mol. The van der Waals surface area contributed by atoms with E-state index in [2.05, 4.69) is 21.2 Å². The number of anilines is 2. The second kappa shape index (κ2) is 7.52. The third kappa shape index (κ3) is 3.88. The maximum absolute atomic E-state index is 12.7. The van der Waals surface area contributed by atoms with Gasteiger partial charge in [-0.2, -0.15) is 0 Å². The third-order valence-electron chi connectivity index (χ3n) is 4.50. The predicted octanol–water partition coefficient (Wildman–Crippen LogP) is 3.86. The molecule has 0 unspecified atom stereocenters. The molecule has 1 N–H and O–H groups in total. The maximum Gasteiger partial charge on any atom is 0.332 e. The minimum absolute atomic E-state index is 0.320.